The average Bonchev–Trinajstić information content (AvgIpc) is 3.16. The molecule has 3 rings (SSSR count). The Morgan fingerprint density at radius 2 is 1.95 bits per heavy atom. The molecule has 1 aliphatic heterocycles. The van der Waals surface area contributed by atoms with Gasteiger partial charge in [-0.3, -0.25) is 4.79 Å². The summed E-state index contributed by atoms with van der Waals surface area (Å²) in [5.41, 5.74) is 6.12. The first-order chi connectivity index (χ1) is 9.65. The van der Waals surface area contributed by atoms with Crippen molar-refractivity contribution >= 4 is 5.91 Å². The van der Waals surface area contributed by atoms with Crippen LogP contribution in [-0.4, -0.2) is 42.0 Å². The van der Waals surface area contributed by atoms with Gasteiger partial charge >= 0.3 is 0 Å². The number of carbonyl (C=O) groups excluding carboxylic acids is 1. The van der Waals surface area contributed by atoms with Crippen LogP contribution in [0.5, 0.6) is 0 Å². The minimum atomic E-state index is -0.224. The molecule has 3 fully saturated rings. The number of likely N-dealkylation sites (tertiary alicyclic amines) is 1. The molecule has 1 unspecified atom stereocenters. The standard InChI is InChI=1S/C16H29N3O/c17-16(7-2-1-3-8-16)10-15(20)18-11-13-6-9-19(12-13)14-4-5-14/h13-14H,1-12,17H2,(H,18,20). The quantitative estimate of drug-likeness (QED) is 0.804. The van der Waals surface area contributed by atoms with Crippen LogP contribution in [0.4, 0.5) is 0 Å². The number of hydrogen-bond donors (Lipinski definition) is 2. The van der Waals surface area contributed by atoms with E-state index in [1.54, 1.807) is 0 Å². The lowest BCUT2D eigenvalue weighted by Gasteiger charge is -2.32. The van der Waals surface area contributed by atoms with E-state index in [1.165, 1.54) is 51.6 Å². The lowest BCUT2D eigenvalue weighted by atomic mass is 9.80. The second-order valence-electron chi connectivity index (χ2n) is 7.28. The molecule has 1 amide bonds. The fourth-order valence-corrected chi connectivity index (χ4v) is 3.87. The average molecular weight is 279 g/mol. The van der Waals surface area contributed by atoms with Gasteiger partial charge in [-0.25, -0.2) is 0 Å². The van der Waals surface area contributed by atoms with Gasteiger partial charge in [-0.15, -0.1) is 0 Å². The maximum absolute atomic E-state index is 12.1. The Morgan fingerprint density at radius 1 is 1.20 bits per heavy atom. The summed E-state index contributed by atoms with van der Waals surface area (Å²) in [7, 11) is 0. The van der Waals surface area contributed by atoms with Gasteiger partial charge in [-0.2, -0.15) is 0 Å². The third-order valence-corrected chi connectivity index (χ3v) is 5.33. The molecule has 2 saturated carbocycles. The third-order valence-electron chi connectivity index (χ3n) is 5.33. The third kappa shape index (κ3) is 3.73. The molecule has 0 bridgehead atoms. The normalized spacial score (nSPS) is 30.4. The van der Waals surface area contributed by atoms with Gasteiger partial charge < -0.3 is 16.0 Å². The second-order valence-corrected chi connectivity index (χ2v) is 7.28. The fraction of sp³-hybridized carbons (Fsp3) is 0.938. The van der Waals surface area contributed by atoms with Crippen LogP contribution >= 0.6 is 0 Å². The monoisotopic (exact) mass is 279 g/mol. The van der Waals surface area contributed by atoms with E-state index in [0.717, 1.165) is 25.4 Å². The molecule has 0 aromatic heterocycles. The first-order valence-corrected chi connectivity index (χ1v) is 8.44. The highest BCUT2D eigenvalue weighted by Crippen LogP contribution is 2.31. The highest BCUT2D eigenvalue weighted by molar-refractivity contribution is 5.77. The van der Waals surface area contributed by atoms with E-state index in [1.807, 2.05) is 0 Å². The van der Waals surface area contributed by atoms with Gasteiger partial charge in [0.1, 0.15) is 0 Å². The van der Waals surface area contributed by atoms with E-state index in [2.05, 4.69) is 10.2 Å². The van der Waals surface area contributed by atoms with Crippen LogP contribution in [0.25, 0.3) is 0 Å². The number of carbonyl (C=O) groups is 1. The summed E-state index contributed by atoms with van der Waals surface area (Å²) in [4.78, 5) is 14.7. The molecule has 0 aromatic carbocycles. The molecular formula is C16H29N3O. The summed E-state index contributed by atoms with van der Waals surface area (Å²) in [6.07, 6.45) is 10.2. The number of amides is 1. The van der Waals surface area contributed by atoms with E-state index < -0.39 is 0 Å². The molecule has 4 heteroatoms. The Kier molecular flexibility index (Phi) is 4.32. The van der Waals surface area contributed by atoms with Crippen molar-refractivity contribution in [2.45, 2.75) is 69.4 Å². The second kappa shape index (κ2) is 6.02. The smallest absolute Gasteiger partial charge is 0.221 e. The van der Waals surface area contributed by atoms with Gasteiger partial charge in [0, 0.05) is 31.1 Å². The SMILES string of the molecule is NC1(CC(=O)NCC2CCN(C3CC3)C2)CCCCC1. The van der Waals surface area contributed by atoms with Gasteiger partial charge in [-0.1, -0.05) is 19.3 Å². The molecule has 1 atom stereocenters. The fourth-order valence-electron chi connectivity index (χ4n) is 3.87. The van der Waals surface area contributed by atoms with Gasteiger partial charge in [0.15, 0.2) is 0 Å². The van der Waals surface area contributed by atoms with Gasteiger partial charge in [-0.05, 0) is 44.6 Å². The summed E-state index contributed by atoms with van der Waals surface area (Å²) in [6.45, 7) is 3.25. The number of hydrogen-bond acceptors (Lipinski definition) is 3. The van der Waals surface area contributed by atoms with Crippen LogP contribution in [0.3, 0.4) is 0 Å². The molecule has 1 saturated heterocycles. The molecular weight excluding hydrogens is 250 g/mol. The van der Waals surface area contributed by atoms with Gasteiger partial charge in [0.05, 0.1) is 0 Å². The molecule has 0 spiro atoms. The zero-order valence-electron chi connectivity index (χ0n) is 12.6. The largest absolute Gasteiger partial charge is 0.356 e. The summed E-state index contributed by atoms with van der Waals surface area (Å²) in [5.74, 6) is 0.818. The Labute approximate surface area is 122 Å². The molecule has 2 aliphatic carbocycles. The van der Waals surface area contributed by atoms with Crippen LogP contribution in [-0.2, 0) is 4.79 Å². The number of nitrogens with two attached hydrogens (primary N) is 1. The highest BCUT2D eigenvalue weighted by atomic mass is 16.1. The van der Waals surface area contributed by atoms with Crippen molar-refractivity contribution in [2.75, 3.05) is 19.6 Å². The van der Waals surface area contributed by atoms with Gasteiger partial charge in [0.25, 0.3) is 0 Å². The Balaban J connectivity index is 1.36. The summed E-state index contributed by atoms with van der Waals surface area (Å²) in [5, 5.41) is 3.13. The van der Waals surface area contributed by atoms with Crippen molar-refractivity contribution in [1.82, 2.24) is 10.2 Å². The minimum absolute atomic E-state index is 0.166. The zero-order chi connectivity index (χ0) is 14.0. The molecule has 3 N–H and O–H groups in total. The molecule has 1 heterocycles. The lowest BCUT2D eigenvalue weighted by Crippen LogP contribution is -2.46. The number of nitrogens with zero attached hydrogens (tertiary/aromatic N) is 1. The maximum Gasteiger partial charge on any atom is 0.221 e. The summed E-state index contributed by atoms with van der Waals surface area (Å²) < 4.78 is 0. The Morgan fingerprint density at radius 3 is 2.65 bits per heavy atom. The van der Waals surface area contributed by atoms with Crippen LogP contribution in [0.1, 0.15) is 57.8 Å². The molecule has 114 valence electrons. The number of rotatable bonds is 5. The predicted molar refractivity (Wildman–Crippen MR) is 80.3 cm³/mol. The number of nitrogens with one attached hydrogen (secondary N) is 1. The molecule has 20 heavy (non-hydrogen) atoms. The van der Waals surface area contributed by atoms with Crippen molar-refractivity contribution in [2.24, 2.45) is 11.7 Å². The first-order valence-electron chi connectivity index (χ1n) is 8.44. The van der Waals surface area contributed by atoms with Crippen molar-refractivity contribution in [1.29, 1.82) is 0 Å². The summed E-state index contributed by atoms with van der Waals surface area (Å²) in [6, 6.07) is 0.866. The van der Waals surface area contributed by atoms with E-state index in [9.17, 15) is 4.79 Å². The molecule has 0 radical (unpaired) electrons. The first kappa shape index (κ1) is 14.3. The van der Waals surface area contributed by atoms with Crippen LogP contribution in [0.15, 0.2) is 0 Å². The van der Waals surface area contributed by atoms with Crippen LogP contribution < -0.4 is 11.1 Å². The van der Waals surface area contributed by atoms with Crippen molar-refractivity contribution in [3.8, 4) is 0 Å². The molecule has 0 aromatic rings. The van der Waals surface area contributed by atoms with Gasteiger partial charge in [0.2, 0.25) is 5.91 Å². The topological polar surface area (TPSA) is 58.4 Å². The Hall–Kier alpha value is -0.610. The van der Waals surface area contributed by atoms with Crippen molar-refractivity contribution < 1.29 is 4.79 Å². The van der Waals surface area contributed by atoms with Crippen molar-refractivity contribution in [3.63, 3.8) is 0 Å². The minimum Gasteiger partial charge on any atom is -0.356 e. The highest BCUT2D eigenvalue weighted by Gasteiger charge is 2.35. The van der Waals surface area contributed by atoms with Crippen LogP contribution in [0.2, 0.25) is 0 Å². The maximum atomic E-state index is 12.1. The van der Waals surface area contributed by atoms with E-state index in [-0.39, 0.29) is 11.4 Å². The predicted octanol–water partition coefficient (Wildman–Crippen LogP) is 1.64. The zero-order valence-corrected chi connectivity index (χ0v) is 12.6. The van der Waals surface area contributed by atoms with Crippen LogP contribution in [0, 0.1) is 5.92 Å². The lowest BCUT2D eigenvalue weighted by molar-refractivity contribution is -0.122. The van der Waals surface area contributed by atoms with E-state index in [0.29, 0.717) is 12.3 Å². The molecule has 3 aliphatic rings. The van der Waals surface area contributed by atoms with E-state index >= 15 is 0 Å². The molecule has 4 nitrogen and oxygen atoms in total. The Bertz CT molecular complexity index is 348. The summed E-state index contributed by atoms with van der Waals surface area (Å²) >= 11 is 0. The van der Waals surface area contributed by atoms with E-state index in [4.69, 9.17) is 5.73 Å². The van der Waals surface area contributed by atoms with Crippen molar-refractivity contribution in [3.05, 3.63) is 0 Å².